The summed E-state index contributed by atoms with van der Waals surface area (Å²) in [5.74, 6) is 0. The number of hydrogen-bond donors (Lipinski definition) is 4. The number of aromatic nitrogens is 1. The van der Waals surface area contributed by atoms with Gasteiger partial charge in [-0.05, 0) is 37.0 Å². The zero-order chi connectivity index (χ0) is 14.4. The van der Waals surface area contributed by atoms with Crippen molar-refractivity contribution in [2.24, 2.45) is 0 Å². The fourth-order valence-electron chi connectivity index (χ4n) is 2.30. The van der Waals surface area contributed by atoms with E-state index in [0.717, 1.165) is 11.9 Å². The van der Waals surface area contributed by atoms with Crippen LogP contribution >= 0.6 is 0 Å². The predicted octanol–water partition coefficient (Wildman–Crippen LogP) is 1.70. The van der Waals surface area contributed by atoms with Crippen LogP contribution in [0.5, 0.6) is 0 Å². The second-order valence-electron chi connectivity index (χ2n) is 4.82. The Morgan fingerprint density at radius 3 is 2.90 bits per heavy atom. The normalized spacial score (nSPS) is 10.7. The number of fused-ring (bicyclic) bond motifs is 1. The molecule has 0 bridgehead atoms. The van der Waals surface area contributed by atoms with Gasteiger partial charge in [-0.15, -0.1) is 0 Å². The van der Waals surface area contributed by atoms with Crippen LogP contribution in [0.2, 0.25) is 0 Å². The summed E-state index contributed by atoms with van der Waals surface area (Å²) >= 11 is 0. The van der Waals surface area contributed by atoms with E-state index in [1.54, 1.807) is 0 Å². The van der Waals surface area contributed by atoms with Gasteiger partial charge in [0, 0.05) is 36.8 Å². The second kappa shape index (κ2) is 6.96. The highest BCUT2D eigenvalue weighted by Gasteiger charge is 2.06. The molecular formula is C15H21N3O2. The minimum atomic E-state index is -0.185. The largest absolute Gasteiger partial charge is 0.396 e. The number of H-pyrrole nitrogens is 1. The van der Waals surface area contributed by atoms with Crippen LogP contribution in [0.1, 0.15) is 17.5 Å². The molecule has 0 fully saturated rings. The van der Waals surface area contributed by atoms with Crippen LogP contribution in [0.15, 0.2) is 24.4 Å². The summed E-state index contributed by atoms with van der Waals surface area (Å²) in [6, 6.07) is 6.00. The standard InChI is InChI=1S/C15H21N3O2/c1-11-4-2-5-13-14(11)12(10-18-13)6-8-17-15(20)16-7-3-9-19/h2,4-5,10,18-19H,3,6-9H2,1H3,(H2,16,17,20). The molecule has 1 heterocycles. The zero-order valence-electron chi connectivity index (χ0n) is 11.7. The molecule has 4 N–H and O–H groups in total. The molecule has 0 radical (unpaired) electrons. The molecule has 20 heavy (non-hydrogen) atoms. The lowest BCUT2D eigenvalue weighted by Gasteiger charge is -2.07. The molecule has 1 aromatic heterocycles. The molecule has 5 nitrogen and oxygen atoms in total. The van der Waals surface area contributed by atoms with E-state index in [0.29, 0.717) is 19.5 Å². The van der Waals surface area contributed by atoms with E-state index in [4.69, 9.17) is 5.11 Å². The van der Waals surface area contributed by atoms with Crippen LogP contribution in [0.4, 0.5) is 4.79 Å². The van der Waals surface area contributed by atoms with Crippen LogP contribution < -0.4 is 10.6 Å². The van der Waals surface area contributed by atoms with Gasteiger partial charge in [0.2, 0.25) is 0 Å². The van der Waals surface area contributed by atoms with Gasteiger partial charge in [0.25, 0.3) is 0 Å². The fraction of sp³-hybridized carbons (Fsp3) is 0.400. The summed E-state index contributed by atoms with van der Waals surface area (Å²) in [4.78, 5) is 14.7. The Morgan fingerprint density at radius 2 is 2.10 bits per heavy atom. The molecule has 0 atom stereocenters. The van der Waals surface area contributed by atoms with Crippen LogP contribution in [0, 0.1) is 6.92 Å². The molecule has 0 aliphatic heterocycles. The number of aryl methyl sites for hydroxylation is 1. The Morgan fingerprint density at radius 1 is 1.30 bits per heavy atom. The van der Waals surface area contributed by atoms with E-state index in [1.165, 1.54) is 16.5 Å². The average Bonchev–Trinajstić information content (AvgIpc) is 2.84. The predicted molar refractivity (Wildman–Crippen MR) is 79.8 cm³/mol. The SMILES string of the molecule is Cc1cccc2[nH]cc(CCNC(=O)NCCCO)c12. The monoisotopic (exact) mass is 275 g/mol. The molecule has 0 unspecified atom stereocenters. The van der Waals surface area contributed by atoms with Crippen molar-refractivity contribution in [3.63, 3.8) is 0 Å². The van der Waals surface area contributed by atoms with Crippen molar-refractivity contribution in [1.29, 1.82) is 0 Å². The fourth-order valence-corrected chi connectivity index (χ4v) is 2.30. The van der Waals surface area contributed by atoms with Crippen molar-refractivity contribution in [2.75, 3.05) is 19.7 Å². The number of benzene rings is 1. The molecule has 1 aromatic carbocycles. The number of carbonyl (C=O) groups is 1. The minimum Gasteiger partial charge on any atom is -0.396 e. The lowest BCUT2D eigenvalue weighted by Crippen LogP contribution is -2.37. The summed E-state index contributed by atoms with van der Waals surface area (Å²) in [6.07, 6.45) is 3.37. The number of hydrogen-bond acceptors (Lipinski definition) is 2. The molecule has 0 spiro atoms. The number of nitrogens with one attached hydrogen (secondary N) is 3. The van der Waals surface area contributed by atoms with Gasteiger partial charge < -0.3 is 20.7 Å². The zero-order valence-corrected chi connectivity index (χ0v) is 11.7. The number of aromatic amines is 1. The van der Waals surface area contributed by atoms with Gasteiger partial charge in [-0.3, -0.25) is 0 Å². The molecule has 0 aliphatic carbocycles. The van der Waals surface area contributed by atoms with E-state index in [9.17, 15) is 4.79 Å². The van der Waals surface area contributed by atoms with Gasteiger partial charge >= 0.3 is 6.03 Å². The topological polar surface area (TPSA) is 77.2 Å². The molecule has 2 rings (SSSR count). The van der Waals surface area contributed by atoms with Crippen LogP contribution in [-0.4, -0.2) is 35.8 Å². The smallest absolute Gasteiger partial charge is 0.314 e. The summed E-state index contributed by atoms with van der Waals surface area (Å²) in [5.41, 5.74) is 3.59. The summed E-state index contributed by atoms with van der Waals surface area (Å²) in [6.45, 7) is 3.27. The van der Waals surface area contributed by atoms with Crippen molar-refractivity contribution >= 4 is 16.9 Å². The summed E-state index contributed by atoms with van der Waals surface area (Å²) in [5, 5.41) is 15.4. The summed E-state index contributed by atoms with van der Waals surface area (Å²) < 4.78 is 0. The van der Waals surface area contributed by atoms with Crippen molar-refractivity contribution in [1.82, 2.24) is 15.6 Å². The van der Waals surface area contributed by atoms with E-state index in [-0.39, 0.29) is 12.6 Å². The van der Waals surface area contributed by atoms with Gasteiger partial charge in [-0.2, -0.15) is 0 Å². The van der Waals surface area contributed by atoms with Gasteiger partial charge in [-0.25, -0.2) is 4.79 Å². The third-order valence-corrected chi connectivity index (χ3v) is 3.30. The Labute approximate surface area is 118 Å². The van der Waals surface area contributed by atoms with Crippen molar-refractivity contribution in [3.05, 3.63) is 35.5 Å². The van der Waals surface area contributed by atoms with Crippen molar-refractivity contribution < 1.29 is 9.90 Å². The maximum Gasteiger partial charge on any atom is 0.314 e. The third-order valence-electron chi connectivity index (χ3n) is 3.30. The molecule has 108 valence electrons. The minimum absolute atomic E-state index is 0.0922. The third kappa shape index (κ3) is 3.51. The highest BCUT2D eigenvalue weighted by atomic mass is 16.3. The molecule has 5 heteroatoms. The van der Waals surface area contributed by atoms with Crippen molar-refractivity contribution in [2.45, 2.75) is 19.8 Å². The first kappa shape index (κ1) is 14.4. The Hall–Kier alpha value is -2.01. The first-order chi connectivity index (χ1) is 9.72. The van der Waals surface area contributed by atoms with E-state index < -0.39 is 0 Å². The van der Waals surface area contributed by atoms with Gasteiger partial charge in [0.05, 0.1) is 0 Å². The van der Waals surface area contributed by atoms with Crippen LogP contribution in [0.25, 0.3) is 10.9 Å². The molecule has 2 amide bonds. The van der Waals surface area contributed by atoms with Gasteiger partial charge in [0.15, 0.2) is 0 Å². The lowest BCUT2D eigenvalue weighted by molar-refractivity contribution is 0.238. The van der Waals surface area contributed by atoms with Crippen LogP contribution in [-0.2, 0) is 6.42 Å². The molecular weight excluding hydrogens is 254 g/mol. The highest BCUT2D eigenvalue weighted by molar-refractivity contribution is 5.86. The number of rotatable bonds is 6. The van der Waals surface area contributed by atoms with Crippen LogP contribution in [0.3, 0.4) is 0 Å². The van der Waals surface area contributed by atoms with Gasteiger partial charge in [0.1, 0.15) is 0 Å². The van der Waals surface area contributed by atoms with Crippen molar-refractivity contribution in [3.8, 4) is 0 Å². The van der Waals surface area contributed by atoms with E-state index in [2.05, 4.69) is 34.7 Å². The Bertz CT molecular complexity index is 578. The number of urea groups is 1. The summed E-state index contributed by atoms with van der Waals surface area (Å²) in [7, 11) is 0. The number of aliphatic hydroxyl groups excluding tert-OH is 1. The Balaban J connectivity index is 1.86. The van der Waals surface area contributed by atoms with E-state index in [1.807, 2.05) is 12.3 Å². The molecule has 0 saturated carbocycles. The first-order valence-corrected chi connectivity index (χ1v) is 6.90. The average molecular weight is 275 g/mol. The number of carbonyl (C=O) groups excluding carboxylic acids is 1. The quantitative estimate of drug-likeness (QED) is 0.606. The molecule has 0 aliphatic rings. The highest BCUT2D eigenvalue weighted by Crippen LogP contribution is 2.22. The maximum absolute atomic E-state index is 11.5. The molecule has 0 saturated heterocycles. The second-order valence-corrected chi connectivity index (χ2v) is 4.82. The van der Waals surface area contributed by atoms with Gasteiger partial charge in [-0.1, -0.05) is 12.1 Å². The first-order valence-electron chi connectivity index (χ1n) is 6.90. The Kier molecular flexibility index (Phi) is 5.01. The lowest BCUT2D eigenvalue weighted by atomic mass is 10.1. The molecule has 2 aromatic rings. The number of amides is 2. The maximum atomic E-state index is 11.5. The number of aliphatic hydroxyl groups is 1. The van der Waals surface area contributed by atoms with E-state index >= 15 is 0 Å².